The SMILES string of the molecule is CCCOC1=CC=CC2(C(C(O)CO)C34C=CC=C(OCCC)C3O4)OC12. The molecule has 4 aliphatic rings. The van der Waals surface area contributed by atoms with Crippen LogP contribution in [0.15, 0.2) is 48.0 Å². The minimum Gasteiger partial charge on any atom is -0.495 e. The molecule has 0 aromatic carbocycles. The van der Waals surface area contributed by atoms with Crippen LogP contribution in [0.5, 0.6) is 0 Å². The summed E-state index contributed by atoms with van der Waals surface area (Å²) in [4.78, 5) is 0. The zero-order valence-corrected chi connectivity index (χ0v) is 15.8. The number of rotatable bonds is 10. The maximum absolute atomic E-state index is 10.7. The lowest BCUT2D eigenvalue weighted by Gasteiger charge is -2.32. The second kappa shape index (κ2) is 7.09. The van der Waals surface area contributed by atoms with Gasteiger partial charge in [-0.25, -0.2) is 0 Å². The quantitative estimate of drug-likeness (QED) is 0.568. The Morgan fingerprint density at radius 1 is 0.963 bits per heavy atom. The topological polar surface area (TPSA) is 84.0 Å². The molecule has 0 saturated carbocycles. The second-order valence-corrected chi connectivity index (χ2v) is 7.48. The standard InChI is InChI=1S/C21H28O6/c1-3-11-24-15-7-5-9-20(18(15)26-20)17(14(23)13-22)21-10-6-8-16(19(21)27-21)25-12-4-2/h5-10,14,17-19,22-23H,3-4,11-13H2,1-2H3. The molecule has 0 bridgehead atoms. The summed E-state index contributed by atoms with van der Waals surface area (Å²) in [7, 11) is 0. The van der Waals surface area contributed by atoms with Crippen molar-refractivity contribution in [1.29, 1.82) is 0 Å². The zero-order chi connectivity index (χ0) is 19.1. The minimum absolute atomic E-state index is 0.265. The van der Waals surface area contributed by atoms with Gasteiger partial charge in [0.25, 0.3) is 0 Å². The third-order valence-corrected chi connectivity index (χ3v) is 5.59. The maximum Gasteiger partial charge on any atom is 0.149 e. The first-order valence-corrected chi connectivity index (χ1v) is 9.82. The summed E-state index contributed by atoms with van der Waals surface area (Å²) in [6, 6.07) is 0. The Hall–Kier alpha value is -1.60. The molecular formula is C21H28O6. The molecular weight excluding hydrogens is 348 g/mol. The molecule has 0 spiro atoms. The summed E-state index contributed by atoms with van der Waals surface area (Å²) in [5, 5.41) is 20.5. The van der Waals surface area contributed by atoms with E-state index in [9.17, 15) is 10.2 Å². The molecule has 6 nitrogen and oxygen atoms in total. The Morgan fingerprint density at radius 2 is 1.44 bits per heavy atom. The van der Waals surface area contributed by atoms with Crippen molar-refractivity contribution in [2.45, 2.75) is 56.2 Å². The van der Waals surface area contributed by atoms with Gasteiger partial charge < -0.3 is 29.2 Å². The fraction of sp³-hybridized carbons (Fsp3) is 0.619. The first-order chi connectivity index (χ1) is 13.1. The van der Waals surface area contributed by atoms with Crippen molar-refractivity contribution in [1.82, 2.24) is 0 Å². The smallest absolute Gasteiger partial charge is 0.149 e. The average molecular weight is 376 g/mol. The Bertz CT molecular complexity index is 641. The van der Waals surface area contributed by atoms with Crippen LogP contribution >= 0.6 is 0 Å². The van der Waals surface area contributed by atoms with Crippen LogP contribution in [-0.2, 0) is 18.9 Å². The average Bonchev–Trinajstić information content (AvgIpc) is 3.58. The van der Waals surface area contributed by atoms with Gasteiger partial charge in [-0.3, -0.25) is 0 Å². The van der Waals surface area contributed by atoms with Crippen molar-refractivity contribution in [2.75, 3.05) is 19.8 Å². The largest absolute Gasteiger partial charge is 0.495 e. The van der Waals surface area contributed by atoms with Gasteiger partial charge in [0, 0.05) is 0 Å². The fourth-order valence-electron chi connectivity index (χ4n) is 4.34. The molecule has 148 valence electrons. The van der Waals surface area contributed by atoms with E-state index in [4.69, 9.17) is 18.9 Å². The van der Waals surface area contributed by atoms with Gasteiger partial charge in [-0.05, 0) is 37.1 Å². The van der Waals surface area contributed by atoms with Crippen molar-refractivity contribution >= 4 is 0 Å². The third kappa shape index (κ3) is 2.95. The highest BCUT2D eigenvalue weighted by molar-refractivity contribution is 5.45. The number of allylic oxidation sites excluding steroid dienone is 4. The lowest BCUT2D eigenvalue weighted by Crippen LogP contribution is -2.48. The summed E-state index contributed by atoms with van der Waals surface area (Å²) < 4.78 is 23.8. The number of ether oxygens (including phenoxy) is 4. The van der Waals surface area contributed by atoms with E-state index < -0.39 is 23.2 Å². The number of epoxide rings is 2. The van der Waals surface area contributed by atoms with Crippen molar-refractivity contribution in [3.63, 3.8) is 0 Å². The number of fused-ring (bicyclic) bond motifs is 2. The Kier molecular flexibility index (Phi) is 4.93. The van der Waals surface area contributed by atoms with Crippen LogP contribution < -0.4 is 0 Å². The molecule has 0 radical (unpaired) electrons. The van der Waals surface area contributed by atoms with E-state index in [1.807, 2.05) is 36.5 Å². The van der Waals surface area contributed by atoms with E-state index in [0.717, 1.165) is 24.4 Å². The van der Waals surface area contributed by atoms with Crippen LogP contribution in [0, 0.1) is 5.92 Å². The lowest BCUT2D eigenvalue weighted by molar-refractivity contribution is -0.00567. The molecule has 0 aromatic heterocycles. The molecule has 6 heteroatoms. The monoisotopic (exact) mass is 376 g/mol. The van der Waals surface area contributed by atoms with Crippen LogP contribution in [0.3, 0.4) is 0 Å². The zero-order valence-electron chi connectivity index (χ0n) is 15.8. The molecule has 2 aliphatic heterocycles. The lowest BCUT2D eigenvalue weighted by atomic mass is 9.71. The van der Waals surface area contributed by atoms with Crippen LogP contribution in [0.4, 0.5) is 0 Å². The van der Waals surface area contributed by atoms with Crippen molar-refractivity contribution in [2.24, 2.45) is 5.92 Å². The molecule has 5 atom stereocenters. The summed E-state index contributed by atoms with van der Waals surface area (Å²) in [6.45, 7) is 4.97. The molecule has 2 fully saturated rings. The highest BCUT2D eigenvalue weighted by Crippen LogP contribution is 2.62. The first kappa shape index (κ1) is 18.7. The van der Waals surface area contributed by atoms with E-state index in [2.05, 4.69) is 13.8 Å². The van der Waals surface area contributed by atoms with E-state index >= 15 is 0 Å². The molecule has 5 unspecified atom stereocenters. The fourth-order valence-corrected chi connectivity index (χ4v) is 4.34. The normalized spacial score (nSPS) is 37.5. The molecule has 27 heavy (non-hydrogen) atoms. The van der Waals surface area contributed by atoms with Gasteiger partial charge in [0.1, 0.15) is 34.9 Å². The highest BCUT2D eigenvalue weighted by Gasteiger charge is 2.76. The van der Waals surface area contributed by atoms with Gasteiger partial charge in [-0.2, -0.15) is 0 Å². The van der Waals surface area contributed by atoms with Gasteiger partial charge in [-0.15, -0.1) is 0 Å². The Labute approximate surface area is 159 Å². The predicted molar refractivity (Wildman–Crippen MR) is 98.7 cm³/mol. The van der Waals surface area contributed by atoms with Crippen molar-refractivity contribution in [3.05, 3.63) is 48.0 Å². The Balaban J connectivity index is 1.59. The molecule has 2 aliphatic carbocycles. The molecule has 0 aromatic rings. The van der Waals surface area contributed by atoms with Gasteiger partial charge in [0.05, 0.1) is 31.8 Å². The first-order valence-electron chi connectivity index (χ1n) is 9.82. The van der Waals surface area contributed by atoms with Crippen LogP contribution in [0.25, 0.3) is 0 Å². The van der Waals surface area contributed by atoms with Crippen LogP contribution in [-0.4, -0.2) is 59.5 Å². The van der Waals surface area contributed by atoms with Gasteiger partial charge in [-0.1, -0.05) is 26.0 Å². The second-order valence-electron chi connectivity index (χ2n) is 7.48. The van der Waals surface area contributed by atoms with E-state index in [1.165, 1.54) is 0 Å². The number of hydrogen-bond acceptors (Lipinski definition) is 6. The summed E-state index contributed by atoms with van der Waals surface area (Å²) in [6.07, 6.45) is 11.8. The molecule has 2 saturated heterocycles. The van der Waals surface area contributed by atoms with Crippen molar-refractivity contribution in [3.8, 4) is 0 Å². The summed E-state index contributed by atoms with van der Waals surface area (Å²) in [5.74, 6) is 1.06. The predicted octanol–water partition coefficient (Wildman–Crippen LogP) is 1.99. The van der Waals surface area contributed by atoms with E-state index in [0.29, 0.717) is 13.2 Å². The van der Waals surface area contributed by atoms with Gasteiger partial charge in [0.15, 0.2) is 0 Å². The summed E-state index contributed by atoms with van der Waals surface area (Å²) in [5.41, 5.74) is -1.49. The van der Waals surface area contributed by atoms with Crippen molar-refractivity contribution < 1.29 is 29.2 Å². The molecule has 0 amide bonds. The van der Waals surface area contributed by atoms with Crippen LogP contribution in [0.1, 0.15) is 26.7 Å². The molecule has 2 heterocycles. The molecule has 4 rings (SSSR count). The number of aliphatic hydroxyl groups excluding tert-OH is 2. The Morgan fingerprint density at radius 3 is 1.85 bits per heavy atom. The van der Waals surface area contributed by atoms with Gasteiger partial charge >= 0.3 is 0 Å². The van der Waals surface area contributed by atoms with Crippen LogP contribution in [0.2, 0.25) is 0 Å². The maximum atomic E-state index is 10.7. The number of hydrogen-bond donors (Lipinski definition) is 2. The van der Waals surface area contributed by atoms with E-state index in [1.54, 1.807) is 0 Å². The van der Waals surface area contributed by atoms with E-state index in [-0.39, 0.29) is 18.8 Å². The third-order valence-electron chi connectivity index (χ3n) is 5.59. The molecule has 2 N–H and O–H groups in total. The summed E-state index contributed by atoms with van der Waals surface area (Å²) >= 11 is 0. The van der Waals surface area contributed by atoms with Gasteiger partial charge in [0.2, 0.25) is 0 Å². The highest BCUT2D eigenvalue weighted by atomic mass is 16.7. The minimum atomic E-state index is -0.995. The number of aliphatic hydroxyl groups is 2.